The van der Waals surface area contributed by atoms with Crippen LogP contribution >= 0.6 is 0 Å². The highest BCUT2D eigenvalue weighted by molar-refractivity contribution is 6.09. The highest BCUT2D eigenvalue weighted by atomic mass is 16.6. The Bertz CT molecular complexity index is 1190. The monoisotopic (exact) mass is 491 g/mol. The second-order valence-electron chi connectivity index (χ2n) is 10.8. The number of non-ortho nitro benzene ring substituents is 1. The van der Waals surface area contributed by atoms with Gasteiger partial charge in [0.15, 0.2) is 0 Å². The van der Waals surface area contributed by atoms with Gasteiger partial charge in [0.2, 0.25) is 11.8 Å². The van der Waals surface area contributed by atoms with Crippen molar-refractivity contribution in [1.82, 2.24) is 4.90 Å². The van der Waals surface area contributed by atoms with Gasteiger partial charge in [-0.1, -0.05) is 57.4 Å². The molecule has 8 heteroatoms. The third-order valence-electron chi connectivity index (χ3n) is 8.06. The summed E-state index contributed by atoms with van der Waals surface area (Å²) in [6.07, 6.45) is 5.11. The van der Waals surface area contributed by atoms with Crippen LogP contribution in [0.15, 0.2) is 42.5 Å². The maximum absolute atomic E-state index is 14.6. The molecule has 2 heterocycles. The van der Waals surface area contributed by atoms with Crippen LogP contribution in [0.5, 0.6) is 0 Å². The Morgan fingerprint density at radius 3 is 2.39 bits per heavy atom. The van der Waals surface area contributed by atoms with Gasteiger partial charge >= 0.3 is 0 Å². The Morgan fingerprint density at radius 1 is 1.08 bits per heavy atom. The van der Waals surface area contributed by atoms with E-state index in [1.807, 2.05) is 36.9 Å². The van der Waals surface area contributed by atoms with Crippen molar-refractivity contribution >= 4 is 23.2 Å². The van der Waals surface area contributed by atoms with Gasteiger partial charge in [0, 0.05) is 36.8 Å². The molecule has 2 atom stereocenters. The van der Waals surface area contributed by atoms with Crippen molar-refractivity contribution in [3.8, 4) is 0 Å². The zero-order chi connectivity index (χ0) is 25.6. The number of nitrogens with zero attached hydrogens (tertiary/aromatic N) is 3. The molecule has 2 amide bonds. The van der Waals surface area contributed by atoms with Crippen molar-refractivity contribution in [2.45, 2.75) is 76.5 Å². The predicted octanol–water partition coefficient (Wildman–Crippen LogP) is 4.63. The highest BCUT2D eigenvalue weighted by Gasteiger charge is 2.63. The van der Waals surface area contributed by atoms with Gasteiger partial charge in [-0.05, 0) is 41.5 Å². The number of hydrogen-bond donors (Lipinski definition) is 1. The van der Waals surface area contributed by atoms with Gasteiger partial charge in [-0.2, -0.15) is 0 Å². The number of rotatable bonds is 6. The smallest absolute Gasteiger partial charge is 0.269 e. The van der Waals surface area contributed by atoms with Crippen molar-refractivity contribution in [3.63, 3.8) is 0 Å². The molecular formula is C28H33N3O5. The largest absolute Gasteiger partial charge is 0.392 e. The Hall–Kier alpha value is -3.26. The molecule has 1 saturated heterocycles. The quantitative estimate of drug-likeness (QED) is 0.469. The van der Waals surface area contributed by atoms with Crippen molar-refractivity contribution in [3.05, 3.63) is 69.3 Å². The SMILES string of the molecule is CC(C)CN1C(=O)[C@@]2(c3ccc([N+](=O)[O-])cc3)CC(=O)N(C3CCCCC3)[C@@H]2c2ccc(CO)cc21. The summed E-state index contributed by atoms with van der Waals surface area (Å²) < 4.78 is 0. The first-order chi connectivity index (χ1) is 17.3. The highest BCUT2D eigenvalue weighted by Crippen LogP contribution is 2.58. The molecule has 1 aliphatic carbocycles. The van der Waals surface area contributed by atoms with Crippen LogP contribution in [0.3, 0.4) is 0 Å². The molecule has 2 aromatic carbocycles. The third kappa shape index (κ3) is 3.79. The van der Waals surface area contributed by atoms with Crippen LogP contribution in [0, 0.1) is 16.0 Å². The van der Waals surface area contributed by atoms with Gasteiger partial charge in [0.1, 0.15) is 5.41 Å². The molecule has 1 N–H and O–H groups in total. The summed E-state index contributed by atoms with van der Waals surface area (Å²) in [5.41, 5.74) is 1.80. The lowest BCUT2D eigenvalue weighted by atomic mass is 9.67. The zero-order valence-electron chi connectivity index (χ0n) is 20.9. The number of aliphatic hydroxyl groups is 1. The minimum Gasteiger partial charge on any atom is -0.392 e. The standard InChI is InChI=1S/C28H33N3O5/c1-18(2)16-29-24-14-19(17-32)8-13-23(24)26-28(27(29)34,20-9-11-22(12-10-20)31(35)36)15-25(33)30(26)21-6-4-3-5-7-21/h8-14,18,21,26,32H,3-7,15-17H2,1-2H3/t26-,28-/m1/s1. The van der Waals surface area contributed by atoms with Crippen LogP contribution in [-0.2, 0) is 21.6 Å². The molecule has 2 fully saturated rings. The van der Waals surface area contributed by atoms with E-state index in [1.54, 1.807) is 17.0 Å². The number of fused-ring (bicyclic) bond motifs is 3. The summed E-state index contributed by atoms with van der Waals surface area (Å²) in [4.78, 5) is 43.0. The summed E-state index contributed by atoms with van der Waals surface area (Å²) in [5.74, 6) is -0.0110. The molecule has 36 heavy (non-hydrogen) atoms. The number of likely N-dealkylation sites (tertiary alicyclic amines) is 1. The molecule has 3 aliphatic rings. The lowest BCUT2D eigenvalue weighted by Gasteiger charge is -2.48. The maximum Gasteiger partial charge on any atom is 0.269 e. The van der Waals surface area contributed by atoms with E-state index >= 15 is 0 Å². The second-order valence-corrected chi connectivity index (χ2v) is 10.8. The molecule has 0 radical (unpaired) electrons. The Balaban J connectivity index is 1.75. The molecule has 190 valence electrons. The Kier molecular flexibility index (Phi) is 6.32. The molecule has 2 aromatic rings. The normalized spacial score (nSPS) is 24.3. The molecule has 5 rings (SSSR count). The first kappa shape index (κ1) is 24.4. The number of nitro benzene ring substituents is 1. The van der Waals surface area contributed by atoms with E-state index in [0.717, 1.165) is 43.4 Å². The molecule has 0 bridgehead atoms. The van der Waals surface area contributed by atoms with Gasteiger partial charge in [0.25, 0.3) is 5.69 Å². The number of nitro groups is 1. The number of anilines is 1. The molecule has 2 aliphatic heterocycles. The van der Waals surface area contributed by atoms with Crippen molar-refractivity contribution in [2.24, 2.45) is 5.92 Å². The number of carbonyl (C=O) groups excluding carboxylic acids is 2. The van der Waals surface area contributed by atoms with E-state index in [2.05, 4.69) is 0 Å². The average Bonchev–Trinajstić information content (AvgIpc) is 3.20. The van der Waals surface area contributed by atoms with Crippen molar-refractivity contribution in [1.29, 1.82) is 0 Å². The minimum atomic E-state index is -1.16. The summed E-state index contributed by atoms with van der Waals surface area (Å²) in [6, 6.07) is 11.4. The zero-order valence-corrected chi connectivity index (χ0v) is 20.9. The van der Waals surface area contributed by atoms with Crippen LogP contribution in [0.2, 0.25) is 0 Å². The van der Waals surface area contributed by atoms with E-state index in [-0.39, 0.29) is 42.5 Å². The van der Waals surface area contributed by atoms with E-state index in [1.165, 1.54) is 12.1 Å². The first-order valence-electron chi connectivity index (χ1n) is 12.9. The van der Waals surface area contributed by atoms with Crippen LogP contribution in [0.4, 0.5) is 11.4 Å². The second kappa shape index (κ2) is 9.32. The van der Waals surface area contributed by atoms with Crippen LogP contribution in [-0.4, -0.2) is 39.3 Å². The molecule has 0 aromatic heterocycles. The molecule has 8 nitrogen and oxygen atoms in total. The third-order valence-corrected chi connectivity index (χ3v) is 8.06. The van der Waals surface area contributed by atoms with Crippen LogP contribution in [0.1, 0.15) is 75.1 Å². The average molecular weight is 492 g/mol. The minimum absolute atomic E-state index is 0.0396. The fraction of sp³-hybridized carbons (Fsp3) is 0.500. The number of benzene rings is 2. The topological polar surface area (TPSA) is 104 Å². The van der Waals surface area contributed by atoms with E-state index < -0.39 is 16.4 Å². The van der Waals surface area contributed by atoms with Crippen LogP contribution in [0.25, 0.3) is 0 Å². The number of aliphatic hydroxyl groups excluding tert-OH is 1. The van der Waals surface area contributed by atoms with Crippen LogP contribution < -0.4 is 4.90 Å². The lowest BCUT2D eigenvalue weighted by molar-refractivity contribution is -0.384. The maximum atomic E-state index is 14.6. The molecule has 0 unspecified atom stereocenters. The van der Waals surface area contributed by atoms with Gasteiger partial charge in [-0.3, -0.25) is 19.7 Å². The summed E-state index contributed by atoms with van der Waals surface area (Å²) >= 11 is 0. The predicted molar refractivity (Wildman–Crippen MR) is 135 cm³/mol. The van der Waals surface area contributed by atoms with E-state index in [0.29, 0.717) is 17.7 Å². The summed E-state index contributed by atoms with van der Waals surface area (Å²) in [5, 5.41) is 21.2. The fourth-order valence-electron chi connectivity index (χ4n) is 6.50. The fourth-order valence-corrected chi connectivity index (χ4v) is 6.50. The number of amides is 2. The van der Waals surface area contributed by atoms with Gasteiger partial charge in [-0.25, -0.2) is 0 Å². The van der Waals surface area contributed by atoms with Crippen molar-refractivity contribution < 1.29 is 19.6 Å². The Labute approximate surface area is 211 Å². The molecular weight excluding hydrogens is 458 g/mol. The summed E-state index contributed by atoms with van der Waals surface area (Å²) in [6.45, 7) is 4.42. The molecule has 1 saturated carbocycles. The van der Waals surface area contributed by atoms with E-state index in [9.17, 15) is 24.8 Å². The van der Waals surface area contributed by atoms with Gasteiger partial charge in [-0.15, -0.1) is 0 Å². The summed E-state index contributed by atoms with van der Waals surface area (Å²) in [7, 11) is 0. The van der Waals surface area contributed by atoms with Crippen molar-refractivity contribution in [2.75, 3.05) is 11.4 Å². The Morgan fingerprint density at radius 2 is 1.78 bits per heavy atom. The number of carbonyl (C=O) groups is 2. The van der Waals surface area contributed by atoms with E-state index in [4.69, 9.17) is 0 Å². The number of hydrogen-bond acceptors (Lipinski definition) is 5. The first-order valence-corrected chi connectivity index (χ1v) is 12.9. The van der Waals surface area contributed by atoms with Gasteiger partial charge < -0.3 is 14.9 Å². The lowest BCUT2D eigenvalue weighted by Crippen LogP contribution is -2.56. The van der Waals surface area contributed by atoms with Gasteiger partial charge in [0.05, 0.1) is 17.6 Å². The molecule has 0 spiro atoms.